The number of pyridine rings is 1. The molecule has 2 N–H and O–H groups in total. The molecule has 0 radical (unpaired) electrons. The third-order valence-corrected chi connectivity index (χ3v) is 4.11. The van der Waals surface area contributed by atoms with Gasteiger partial charge in [0.15, 0.2) is 0 Å². The molecule has 0 aromatic carbocycles. The molecule has 1 fully saturated rings. The molecule has 0 spiro atoms. The Morgan fingerprint density at radius 1 is 1.43 bits per heavy atom. The summed E-state index contributed by atoms with van der Waals surface area (Å²) in [6, 6.07) is 3.41. The van der Waals surface area contributed by atoms with Crippen LogP contribution in [0, 0.1) is 5.82 Å². The average molecular weight is 295 g/mol. The Bertz CT molecular complexity index is 404. The summed E-state index contributed by atoms with van der Waals surface area (Å²) in [6.45, 7) is 6.09. The Hall–Kier alpha value is -1.04. The third kappa shape index (κ3) is 5.34. The van der Waals surface area contributed by atoms with E-state index in [0.29, 0.717) is 0 Å². The molecule has 1 saturated heterocycles. The fourth-order valence-corrected chi connectivity index (χ4v) is 2.77. The number of likely N-dealkylation sites (tertiary alicyclic amines) is 1. The van der Waals surface area contributed by atoms with Gasteiger partial charge in [-0.3, -0.25) is 4.98 Å². The number of piperidine rings is 1. The molecule has 0 bridgehead atoms. The fraction of sp³-hybridized carbons (Fsp3) is 0.688. The lowest BCUT2D eigenvalue weighted by Gasteiger charge is -2.29. The van der Waals surface area contributed by atoms with E-state index in [-0.39, 0.29) is 18.0 Å². The second-order valence-electron chi connectivity index (χ2n) is 5.74. The van der Waals surface area contributed by atoms with E-state index in [4.69, 9.17) is 0 Å². The molecule has 0 aliphatic carbocycles. The van der Waals surface area contributed by atoms with E-state index >= 15 is 0 Å². The van der Waals surface area contributed by atoms with Crippen LogP contribution in [0.25, 0.3) is 0 Å². The van der Waals surface area contributed by atoms with Crippen LogP contribution in [-0.2, 0) is 0 Å². The molecule has 0 saturated carbocycles. The molecule has 2 rings (SSSR count). The van der Waals surface area contributed by atoms with Gasteiger partial charge in [-0.25, -0.2) is 4.39 Å². The fourth-order valence-electron chi connectivity index (χ4n) is 2.77. The highest BCUT2D eigenvalue weighted by molar-refractivity contribution is 5.09. The summed E-state index contributed by atoms with van der Waals surface area (Å²) in [4.78, 5) is 6.56. The van der Waals surface area contributed by atoms with E-state index in [1.165, 1.54) is 12.3 Å². The van der Waals surface area contributed by atoms with Crippen molar-refractivity contribution in [2.75, 3.05) is 26.2 Å². The highest BCUT2D eigenvalue weighted by atomic mass is 19.1. The maximum absolute atomic E-state index is 12.9. The number of nitrogens with zero attached hydrogens (tertiary/aromatic N) is 2. The smallest absolute Gasteiger partial charge is 0.141 e. The number of halogens is 1. The van der Waals surface area contributed by atoms with Gasteiger partial charge in [-0.1, -0.05) is 6.92 Å². The molecule has 1 aliphatic heterocycles. The van der Waals surface area contributed by atoms with Gasteiger partial charge in [0.1, 0.15) is 5.82 Å². The summed E-state index contributed by atoms with van der Waals surface area (Å²) >= 11 is 0. The molecule has 2 heterocycles. The van der Waals surface area contributed by atoms with E-state index in [1.54, 1.807) is 6.07 Å². The van der Waals surface area contributed by atoms with Gasteiger partial charge in [0.05, 0.1) is 18.0 Å². The van der Waals surface area contributed by atoms with Crippen LogP contribution in [0.2, 0.25) is 0 Å². The minimum Gasteiger partial charge on any atom is -0.393 e. The van der Waals surface area contributed by atoms with Gasteiger partial charge >= 0.3 is 0 Å². The third-order valence-electron chi connectivity index (χ3n) is 4.11. The quantitative estimate of drug-likeness (QED) is 0.756. The standard InChI is InChI=1S/C16H26FN3O/c1-2-15(16-5-4-13(17)12-19-16)18-8-3-9-20-10-6-14(21)7-11-20/h4-5,12,14-15,18,21H,2-3,6-11H2,1H3. The lowest BCUT2D eigenvalue weighted by atomic mass is 10.1. The van der Waals surface area contributed by atoms with E-state index in [0.717, 1.165) is 57.6 Å². The summed E-state index contributed by atoms with van der Waals surface area (Å²) < 4.78 is 12.9. The van der Waals surface area contributed by atoms with Crippen LogP contribution in [0.4, 0.5) is 4.39 Å². The van der Waals surface area contributed by atoms with Gasteiger partial charge in [-0.2, -0.15) is 0 Å². The van der Waals surface area contributed by atoms with Gasteiger partial charge in [-0.05, 0) is 50.9 Å². The molecular formula is C16H26FN3O. The van der Waals surface area contributed by atoms with Crippen LogP contribution in [0.3, 0.4) is 0 Å². The first kappa shape index (κ1) is 16.3. The predicted molar refractivity (Wildman–Crippen MR) is 81.5 cm³/mol. The van der Waals surface area contributed by atoms with Crippen LogP contribution >= 0.6 is 0 Å². The predicted octanol–water partition coefficient (Wildman–Crippen LogP) is 2.11. The lowest BCUT2D eigenvalue weighted by molar-refractivity contribution is 0.0820. The molecule has 1 unspecified atom stereocenters. The molecular weight excluding hydrogens is 269 g/mol. The van der Waals surface area contributed by atoms with E-state index in [9.17, 15) is 9.50 Å². The maximum atomic E-state index is 12.9. The zero-order valence-electron chi connectivity index (χ0n) is 12.8. The van der Waals surface area contributed by atoms with E-state index in [1.807, 2.05) is 0 Å². The van der Waals surface area contributed by atoms with Crippen molar-refractivity contribution in [2.24, 2.45) is 0 Å². The first-order valence-electron chi connectivity index (χ1n) is 7.94. The number of hydrogen-bond acceptors (Lipinski definition) is 4. The monoisotopic (exact) mass is 295 g/mol. The van der Waals surface area contributed by atoms with Crippen LogP contribution in [-0.4, -0.2) is 47.3 Å². The Morgan fingerprint density at radius 2 is 2.19 bits per heavy atom. The summed E-state index contributed by atoms with van der Waals surface area (Å²) in [6.07, 6.45) is 4.98. The Balaban J connectivity index is 1.67. The number of nitrogens with one attached hydrogen (secondary N) is 1. The lowest BCUT2D eigenvalue weighted by Crippen LogP contribution is -2.37. The van der Waals surface area contributed by atoms with Crippen molar-refractivity contribution in [3.05, 3.63) is 29.8 Å². The van der Waals surface area contributed by atoms with Crippen LogP contribution in [0.1, 0.15) is 44.3 Å². The average Bonchev–Trinajstić information content (AvgIpc) is 2.50. The summed E-state index contributed by atoms with van der Waals surface area (Å²) in [5.41, 5.74) is 0.903. The number of rotatable bonds is 7. The highest BCUT2D eigenvalue weighted by Crippen LogP contribution is 2.14. The Kier molecular flexibility index (Phi) is 6.54. The minimum absolute atomic E-state index is 0.103. The second kappa shape index (κ2) is 8.41. The topological polar surface area (TPSA) is 48.4 Å². The summed E-state index contributed by atoms with van der Waals surface area (Å²) in [5.74, 6) is -0.291. The summed E-state index contributed by atoms with van der Waals surface area (Å²) in [7, 11) is 0. The van der Waals surface area contributed by atoms with Crippen molar-refractivity contribution in [2.45, 2.75) is 44.8 Å². The molecule has 1 atom stereocenters. The first-order valence-corrected chi connectivity index (χ1v) is 7.94. The Labute approximate surface area is 126 Å². The number of aliphatic hydroxyl groups is 1. The van der Waals surface area contributed by atoms with Crippen molar-refractivity contribution in [3.8, 4) is 0 Å². The largest absolute Gasteiger partial charge is 0.393 e. The normalized spacial score (nSPS) is 18.8. The van der Waals surface area contributed by atoms with Gasteiger partial charge < -0.3 is 15.3 Å². The van der Waals surface area contributed by atoms with E-state index < -0.39 is 0 Å². The molecule has 4 nitrogen and oxygen atoms in total. The van der Waals surface area contributed by atoms with Crippen molar-refractivity contribution in [1.29, 1.82) is 0 Å². The van der Waals surface area contributed by atoms with Crippen molar-refractivity contribution < 1.29 is 9.50 Å². The van der Waals surface area contributed by atoms with Gasteiger partial charge in [0, 0.05) is 19.1 Å². The summed E-state index contributed by atoms with van der Waals surface area (Å²) in [5, 5.41) is 13.0. The van der Waals surface area contributed by atoms with Crippen molar-refractivity contribution in [1.82, 2.24) is 15.2 Å². The molecule has 21 heavy (non-hydrogen) atoms. The van der Waals surface area contributed by atoms with Crippen molar-refractivity contribution in [3.63, 3.8) is 0 Å². The first-order chi connectivity index (χ1) is 10.2. The maximum Gasteiger partial charge on any atom is 0.141 e. The van der Waals surface area contributed by atoms with Crippen molar-refractivity contribution >= 4 is 0 Å². The molecule has 1 aromatic heterocycles. The number of hydrogen-bond donors (Lipinski definition) is 2. The molecule has 1 aromatic rings. The molecule has 118 valence electrons. The zero-order valence-corrected chi connectivity index (χ0v) is 12.8. The van der Waals surface area contributed by atoms with Crippen LogP contribution in [0.5, 0.6) is 0 Å². The highest BCUT2D eigenvalue weighted by Gasteiger charge is 2.16. The van der Waals surface area contributed by atoms with E-state index in [2.05, 4.69) is 22.1 Å². The number of aromatic nitrogens is 1. The van der Waals surface area contributed by atoms with Gasteiger partial charge in [0.25, 0.3) is 0 Å². The minimum atomic E-state index is -0.291. The van der Waals surface area contributed by atoms with Gasteiger partial charge in [-0.15, -0.1) is 0 Å². The molecule has 1 aliphatic rings. The second-order valence-corrected chi connectivity index (χ2v) is 5.74. The Morgan fingerprint density at radius 3 is 2.81 bits per heavy atom. The number of aliphatic hydroxyl groups excluding tert-OH is 1. The molecule has 0 amide bonds. The zero-order chi connectivity index (χ0) is 15.1. The van der Waals surface area contributed by atoms with Gasteiger partial charge in [0.2, 0.25) is 0 Å². The van der Waals surface area contributed by atoms with Crippen LogP contribution in [0.15, 0.2) is 18.3 Å². The SMILES string of the molecule is CCC(NCCCN1CCC(O)CC1)c1ccc(F)cn1. The molecule has 5 heteroatoms. The van der Waals surface area contributed by atoms with Crippen LogP contribution < -0.4 is 5.32 Å².